The molecule has 1 amide bonds. The largest absolute Gasteiger partial charge is 0.343 e. The number of carbonyl (C=O) groups excluding carboxylic acids is 1. The minimum absolute atomic E-state index is 0.129. The molecule has 15 heavy (non-hydrogen) atoms. The van der Waals surface area contributed by atoms with E-state index in [0.717, 1.165) is 0 Å². The van der Waals surface area contributed by atoms with Gasteiger partial charge in [-0.25, -0.2) is 4.98 Å². The van der Waals surface area contributed by atoms with E-state index in [4.69, 9.17) is 0 Å². The number of nitrogens with zero attached hydrogens (tertiary/aromatic N) is 3. The average molecular weight is 209 g/mol. The summed E-state index contributed by atoms with van der Waals surface area (Å²) in [6.45, 7) is 1.68. The van der Waals surface area contributed by atoms with Gasteiger partial charge in [-0.15, -0.1) is 0 Å². The third-order valence-electron chi connectivity index (χ3n) is 1.81. The number of amides is 1. The fourth-order valence-corrected chi connectivity index (χ4v) is 1.07. The van der Waals surface area contributed by atoms with E-state index in [-0.39, 0.29) is 11.4 Å². The number of carbonyl (C=O) groups is 1. The summed E-state index contributed by atoms with van der Waals surface area (Å²) in [6, 6.07) is 1.34. The SMILES string of the molecule is Cc1cnc(C(=O)N(C)C)c([N+](=O)[O-])c1. The Morgan fingerprint density at radius 2 is 2.13 bits per heavy atom. The number of hydrogen-bond donors (Lipinski definition) is 0. The normalized spacial score (nSPS) is 9.80. The Morgan fingerprint density at radius 1 is 1.53 bits per heavy atom. The third kappa shape index (κ3) is 2.28. The molecule has 0 aliphatic heterocycles. The monoisotopic (exact) mass is 209 g/mol. The fourth-order valence-electron chi connectivity index (χ4n) is 1.07. The Kier molecular flexibility index (Phi) is 2.99. The summed E-state index contributed by atoms with van der Waals surface area (Å²) in [5, 5.41) is 10.7. The van der Waals surface area contributed by atoms with Crippen LogP contribution in [-0.2, 0) is 0 Å². The van der Waals surface area contributed by atoms with Crippen molar-refractivity contribution in [3.05, 3.63) is 33.6 Å². The molecule has 1 heterocycles. The van der Waals surface area contributed by atoms with Crippen molar-refractivity contribution in [3.8, 4) is 0 Å². The van der Waals surface area contributed by atoms with Crippen LogP contribution < -0.4 is 0 Å². The van der Waals surface area contributed by atoms with Crippen LogP contribution >= 0.6 is 0 Å². The molecule has 0 bridgehead atoms. The number of hydrogen-bond acceptors (Lipinski definition) is 4. The van der Waals surface area contributed by atoms with Crippen LogP contribution in [0.5, 0.6) is 0 Å². The maximum absolute atomic E-state index is 11.5. The summed E-state index contributed by atoms with van der Waals surface area (Å²) >= 11 is 0. The fraction of sp³-hybridized carbons (Fsp3) is 0.333. The van der Waals surface area contributed by atoms with Crippen LogP contribution in [0.4, 0.5) is 5.69 Å². The van der Waals surface area contributed by atoms with E-state index in [2.05, 4.69) is 4.98 Å². The molecule has 0 fully saturated rings. The molecule has 0 saturated carbocycles. The van der Waals surface area contributed by atoms with Gasteiger partial charge in [0, 0.05) is 26.4 Å². The average Bonchev–Trinajstić information content (AvgIpc) is 2.16. The molecule has 0 spiro atoms. The predicted molar refractivity (Wildman–Crippen MR) is 53.6 cm³/mol. The van der Waals surface area contributed by atoms with Crippen molar-refractivity contribution >= 4 is 11.6 Å². The lowest BCUT2D eigenvalue weighted by Crippen LogP contribution is -2.23. The summed E-state index contributed by atoms with van der Waals surface area (Å²) in [7, 11) is 3.04. The van der Waals surface area contributed by atoms with Crippen LogP contribution in [0.25, 0.3) is 0 Å². The van der Waals surface area contributed by atoms with Gasteiger partial charge in [-0.1, -0.05) is 0 Å². The topological polar surface area (TPSA) is 76.3 Å². The first-order chi connectivity index (χ1) is 6.93. The smallest absolute Gasteiger partial charge is 0.300 e. The van der Waals surface area contributed by atoms with E-state index < -0.39 is 10.8 Å². The lowest BCUT2D eigenvalue weighted by Gasteiger charge is -2.09. The van der Waals surface area contributed by atoms with Crippen LogP contribution in [0.3, 0.4) is 0 Å². The molecule has 1 aromatic heterocycles. The Morgan fingerprint density at radius 3 is 2.60 bits per heavy atom. The van der Waals surface area contributed by atoms with Gasteiger partial charge in [-0.2, -0.15) is 0 Å². The molecule has 0 saturated heterocycles. The van der Waals surface area contributed by atoms with Gasteiger partial charge in [0.25, 0.3) is 5.91 Å². The Balaban J connectivity index is 3.29. The van der Waals surface area contributed by atoms with Crippen LogP contribution in [0, 0.1) is 17.0 Å². The first kappa shape index (κ1) is 11.1. The Labute approximate surface area is 86.7 Å². The Bertz CT molecular complexity index is 415. The molecule has 0 N–H and O–H groups in total. The van der Waals surface area contributed by atoms with E-state index >= 15 is 0 Å². The number of pyridine rings is 1. The van der Waals surface area contributed by atoms with E-state index in [0.29, 0.717) is 5.56 Å². The van der Waals surface area contributed by atoms with Gasteiger partial charge in [0.2, 0.25) is 5.69 Å². The number of aryl methyl sites for hydroxylation is 1. The van der Waals surface area contributed by atoms with Crippen LogP contribution in [0.15, 0.2) is 12.3 Å². The molecule has 6 heteroatoms. The van der Waals surface area contributed by atoms with E-state index in [1.165, 1.54) is 31.3 Å². The van der Waals surface area contributed by atoms with E-state index in [1.54, 1.807) is 6.92 Å². The zero-order valence-corrected chi connectivity index (χ0v) is 8.72. The van der Waals surface area contributed by atoms with Gasteiger partial charge in [0.1, 0.15) is 0 Å². The zero-order valence-electron chi connectivity index (χ0n) is 8.72. The quantitative estimate of drug-likeness (QED) is 0.537. The van der Waals surface area contributed by atoms with Crippen molar-refractivity contribution in [2.75, 3.05) is 14.1 Å². The minimum atomic E-state index is -0.600. The molecule has 6 nitrogen and oxygen atoms in total. The highest BCUT2D eigenvalue weighted by Crippen LogP contribution is 2.18. The second-order valence-electron chi connectivity index (χ2n) is 3.34. The van der Waals surface area contributed by atoms with Crippen LogP contribution in [0.1, 0.15) is 16.1 Å². The van der Waals surface area contributed by atoms with Crippen molar-refractivity contribution < 1.29 is 9.72 Å². The van der Waals surface area contributed by atoms with Crippen molar-refractivity contribution in [1.82, 2.24) is 9.88 Å². The zero-order chi connectivity index (χ0) is 11.6. The lowest BCUT2D eigenvalue weighted by atomic mass is 10.2. The summed E-state index contributed by atoms with van der Waals surface area (Å²) in [5.41, 5.74) is 0.265. The molecular formula is C9H11N3O3. The lowest BCUT2D eigenvalue weighted by molar-refractivity contribution is -0.385. The highest BCUT2D eigenvalue weighted by Gasteiger charge is 2.23. The summed E-state index contributed by atoms with van der Waals surface area (Å²) < 4.78 is 0. The van der Waals surface area contributed by atoms with Crippen LogP contribution in [-0.4, -0.2) is 34.8 Å². The number of aromatic nitrogens is 1. The van der Waals surface area contributed by atoms with Crippen molar-refractivity contribution in [2.24, 2.45) is 0 Å². The van der Waals surface area contributed by atoms with Crippen molar-refractivity contribution in [2.45, 2.75) is 6.92 Å². The second-order valence-corrected chi connectivity index (χ2v) is 3.34. The maximum atomic E-state index is 11.5. The van der Waals surface area contributed by atoms with Gasteiger partial charge in [-0.3, -0.25) is 14.9 Å². The van der Waals surface area contributed by atoms with E-state index in [9.17, 15) is 14.9 Å². The summed E-state index contributed by atoms with van der Waals surface area (Å²) in [5.74, 6) is -0.471. The molecule has 0 unspecified atom stereocenters. The summed E-state index contributed by atoms with van der Waals surface area (Å²) in [6.07, 6.45) is 1.43. The van der Waals surface area contributed by atoms with Crippen LogP contribution in [0.2, 0.25) is 0 Å². The minimum Gasteiger partial charge on any atom is -0.343 e. The summed E-state index contributed by atoms with van der Waals surface area (Å²) in [4.78, 5) is 26.7. The molecule has 0 radical (unpaired) electrons. The van der Waals surface area contributed by atoms with Gasteiger partial charge in [0.05, 0.1) is 4.92 Å². The highest BCUT2D eigenvalue weighted by atomic mass is 16.6. The molecule has 0 aliphatic rings. The molecule has 0 aliphatic carbocycles. The first-order valence-corrected chi connectivity index (χ1v) is 4.26. The standard InChI is InChI=1S/C9H11N3O3/c1-6-4-7(12(14)15)8(10-5-6)9(13)11(2)3/h4-5H,1-3H3. The number of nitro groups is 1. The molecule has 0 atom stereocenters. The van der Waals surface area contributed by atoms with Gasteiger partial charge in [-0.05, 0) is 12.5 Å². The maximum Gasteiger partial charge on any atom is 0.300 e. The molecule has 1 rings (SSSR count). The van der Waals surface area contributed by atoms with E-state index in [1.807, 2.05) is 0 Å². The second kappa shape index (κ2) is 4.04. The van der Waals surface area contributed by atoms with Crippen molar-refractivity contribution in [1.29, 1.82) is 0 Å². The molecule has 1 aromatic rings. The third-order valence-corrected chi connectivity index (χ3v) is 1.81. The Hall–Kier alpha value is -1.98. The highest BCUT2D eigenvalue weighted by molar-refractivity contribution is 5.95. The first-order valence-electron chi connectivity index (χ1n) is 4.26. The number of rotatable bonds is 2. The molecular weight excluding hydrogens is 198 g/mol. The molecule has 0 aromatic carbocycles. The van der Waals surface area contributed by atoms with Crippen molar-refractivity contribution in [3.63, 3.8) is 0 Å². The predicted octanol–water partition coefficient (Wildman–Crippen LogP) is 1.00. The van der Waals surface area contributed by atoms with Gasteiger partial charge < -0.3 is 4.90 Å². The van der Waals surface area contributed by atoms with Gasteiger partial charge in [0.15, 0.2) is 0 Å². The van der Waals surface area contributed by atoms with Gasteiger partial charge >= 0.3 is 5.69 Å². The molecule has 80 valence electrons.